The lowest BCUT2D eigenvalue weighted by Crippen LogP contribution is -2.18. The van der Waals surface area contributed by atoms with Crippen molar-refractivity contribution in [3.05, 3.63) is 21.9 Å². The molecule has 0 bridgehead atoms. The fourth-order valence-corrected chi connectivity index (χ4v) is 2.14. The number of Topliss-reactive ketones (excluding diaryl/α,β-unsaturated/α-hetero) is 1. The van der Waals surface area contributed by atoms with Crippen LogP contribution >= 0.6 is 24.0 Å². The number of rotatable bonds is 4. The molecule has 0 amide bonds. The second-order valence-corrected chi connectivity index (χ2v) is 4.43. The van der Waals surface area contributed by atoms with Crippen LogP contribution in [0.1, 0.15) is 27.6 Å². The van der Waals surface area contributed by atoms with Crippen molar-refractivity contribution < 1.29 is 15.0 Å². The molecule has 0 spiro atoms. The molecule has 5 heteroatoms. The molecule has 0 aromatic carbocycles. The summed E-state index contributed by atoms with van der Waals surface area (Å²) in [4.78, 5) is 12.2. The molecule has 14 heavy (non-hydrogen) atoms. The number of aliphatic hydroxyl groups is 2. The number of aliphatic hydroxyl groups excluding tert-OH is 2. The minimum absolute atomic E-state index is 0.0335. The first-order valence-corrected chi connectivity index (χ1v) is 5.58. The maximum atomic E-state index is 11.0. The van der Waals surface area contributed by atoms with Crippen LogP contribution in [0.25, 0.3) is 0 Å². The molecule has 1 heterocycles. The van der Waals surface area contributed by atoms with Gasteiger partial charge in [-0.1, -0.05) is 0 Å². The van der Waals surface area contributed by atoms with Gasteiger partial charge in [-0.2, -0.15) is 12.6 Å². The lowest BCUT2D eigenvalue weighted by molar-refractivity contribution is 0.0361. The Morgan fingerprint density at radius 1 is 1.57 bits per heavy atom. The van der Waals surface area contributed by atoms with Crippen molar-refractivity contribution in [2.45, 2.75) is 19.1 Å². The zero-order chi connectivity index (χ0) is 10.7. The lowest BCUT2D eigenvalue weighted by atomic mass is 10.2. The van der Waals surface area contributed by atoms with E-state index in [0.29, 0.717) is 9.75 Å². The third kappa shape index (κ3) is 2.57. The lowest BCUT2D eigenvalue weighted by Gasteiger charge is -2.13. The van der Waals surface area contributed by atoms with Gasteiger partial charge in [0, 0.05) is 10.6 Å². The van der Waals surface area contributed by atoms with Crippen LogP contribution in [0, 0.1) is 0 Å². The van der Waals surface area contributed by atoms with Gasteiger partial charge in [-0.3, -0.25) is 4.79 Å². The van der Waals surface area contributed by atoms with Crippen molar-refractivity contribution >= 4 is 29.7 Å². The fraction of sp³-hybridized carbons (Fsp3) is 0.444. The molecule has 0 aliphatic rings. The summed E-state index contributed by atoms with van der Waals surface area (Å²) in [6.45, 7) is 1.47. The highest BCUT2D eigenvalue weighted by atomic mass is 32.1. The molecule has 1 rings (SSSR count). The highest BCUT2D eigenvalue weighted by Crippen LogP contribution is 2.26. The van der Waals surface area contributed by atoms with Gasteiger partial charge in [0.2, 0.25) is 0 Å². The quantitative estimate of drug-likeness (QED) is 0.541. The van der Waals surface area contributed by atoms with Gasteiger partial charge >= 0.3 is 0 Å². The van der Waals surface area contributed by atoms with E-state index < -0.39 is 12.2 Å². The monoisotopic (exact) mass is 232 g/mol. The summed E-state index contributed by atoms with van der Waals surface area (Å²) >= 11 is 5.08. The first-order chi connectivity index (χ1) is 6.56. The summed E-state index contributed by atoms with van der Waals surface area (Å²) in [5.41, 5.74) is 0. The molecule has 2 atom stereocenters. The fourth-order valence-electron chi connectivity index (χ4n) is 0.990. The Bertz CT molecular complexity index is 322. The van der Waals surface area contributed by atoms with Gasteiger partial charge in [0.15, 0.2) is 5.78 Å². The van der Waals surface area contributed by atoms with Crippen LogP contribution in [0.15, 0.2) is 12.1 Å². The molecule has 2 unspecified atom stereocenters. The molecule has 0 saturated carbocycles. The van der Waals surface area contributed by atoms with E-state index in [0.717, 1.165) is 0 Å². The van der Waals surface area contributed by atoms with Crippen LogP contribution in [0.5, 0.6) is 0 Å². The van der Waals surface area contributed by atoms with Crippen LogP contribution in [-0.2, 0) is 0 Å². The summed E-state index contributed by atoms with van der Waals surface area (Å²) in [6.07, 6.45) is -1.85. The Labute approximate surface area is 91.8 Å². The Balaban J connectivity index is 2.81. The van der Waals surface area contributed by atoms with E-state index in [-0.39, 0.29) is 11.5 Å². The molecule has 2 N–H and O–H groups in total. The van der Waals surface area contributed by atoms with Gasteiger partial charge in [-0.25, -0.2) is 0 Å². The van der Waals surface area contributed by atoms with E-state index in [1.54, 1.807) is 12.1 Å². The first kappa shape index (κ1) is 11.7. The molecule has 1 aromatic rings. The third-order valence-corrected chi connectivity index (χ3v) is 3.45. The number of hydrogen-bond acceptors (Lipinski definition) is 5. The predicted octanol–water partition coefficient (Wildman–Crippen LogP) is 1.27. The van der Waals surface area contributed by atoms with Crippen molar-refractivity contribution in [3.8, 4) is 0 Å². The number of hydrogen-bond donors (Lipinski definition) is 3. The number of carbonyl (C=O) groups is 1. The van der Waals surface area contributed by atoms with Crippen LogP contribution in [0.3, 0.4) is 0 Å². The van der Waals surface area contributed by atoms with Crippen molar-refractivity contribution in [1.82, 2.24) is 0 Å². The van der Waals surface area contributed by atoms with Crippen LogP contribution in [0.2, 0.25) is 0 Å². The highest BCUT2D eigenvalue weighted by molar-refractivity contribution is 7.80. The second-order valence-electron chi connectivity index (χ2n) is 2.95. The van der Waals surface area contributed by atoms with Gasteiger partial charge < -0.3 is 10.2 Å². The van der Waals surface area contributed by atoms with Crippen LogP contribution in [0.4, 0.5) is 0 Å². The zero-order valence-corrected chi connectivity index (χ0v) is 9.39. The van der Waals surface area contributed by atoms with Gasteiger partial charge in [-0.05, 0) is 19.1 Å². The van der Waals surface area contributed by atoms with Crippen molar-refractivity contribution in [2.75, 3.05) is 5.75 Å². The van der Waals surface area contributed by atoms with Crippen molar-refractivity contribution in [3.63, 3.8) is 0 Å². The van der Waals surface area contributed by atoms with E-state index in [1.807, 2.05) is 0 Å². The molecular weight excluding hydrogens is 220 g/mol. The number of thiol groups is 1. The van der Waals surface area contributed by atoms with E-state index in [2.05, 4.69) is 12.6 Å². The molecule has 0 aliphatic carbocycles. The maximum Gasteiger partial charge on any atom is 0.169 e. The number of thiophene rings is 1. The topological polar surface area (TPSA) is 57.5 Å². The smallest absolute Gasteiger partial charge is 0.169 e. The SMILES string of the molecule is CC(=O)c1ccc(C(O)C(O)CS)s1. The third-order valence-electron chi connectivity index (χ3n) is 1.82. The Kier molecular flexibility index (Phi) is 4.12. The standard InChI is InChI=1S/C9H12O3S2/c1-5(10)7-2-3-8(14-7)9(12)6(11)4-13/h2-3,6,9,11-13H,4H2,1H3. The van der Waals surface area contributed by atoms with Gasteiger partial charge in [-0.15, -0.1) is 11.3 Å². The summed E-state index contributed by atoms with van der Waals surface area (Å²) in [6, 6.07) is 3.30. The molecule has 0 saturated heterocycles. The van der Waals surface area contributed by atoms with Gasteiger partial charge in [0.1, 0.15) is 6.10 Å². The maximum absolute atomic E-state index is 11.0. The Morgan fingerprint density at radius 3 is 2.64 bits per heavy atom. The zero-order valence-electron chi connectivity index (χ0n) is 7.67. The van der Waals surface area contributed by atoms with E-state index >= 15 is 0 Å². The minimum atomic E-state index is -0.953. The molecule has 0 radical (unpaired) electrons. The molecule has 3 nitrogen and oxygen atoms in total. The normalized spacial score (nSPS) is 15.1. The van der Waals surface area contributed by atoms with Crippen LogP contribution in [-0.4, -0.2) is 27.9 Å². The van der Waals surface area contributed by atoms with Crippen molar-refractivity contribution in [2.24, 2.45) is 0 Å². The largest absolute Gasteiger partial charge is 0.389 e. The van der Waals surface area contributed by atoms with E-state index in [9.17, 15) is 15.0 Å². The average molecular weight is 232 g/mol. The molecular formula is C9H12O3S2. The number of carbonyl (C=O) groups excluding carboxylic acids is 1. The summed E-state index contributed by atoms with van der Waals surface area (Å²) in [5, 5.41) is 18.9. The molecule has 1 aromatic heterocycles. The summed E-state index contributed by atoms with van der Waals surface area (Å²) < 4.78 is 0. The molecule has 0 fully saturated rings. The highest BCUT2D eigenvalue weighted by Gasteiger charge is 2.19. The van der Waals surface area contributed by atoms with Gasteiger partial charge in [0.05, 0.1) is 11.0 Å². The molecule has 0 aliphatic heterocycles. The first-order valence-electron chi connectivity index (χ1n) is 4.14. The van der Waals surface area contributed by atoms with Crippen LogP contribution < -0.4 is 0 Å². The second kappa shape index (κ2) is 4.93. The van der Waals surface area contributed by atoms with Gasteiger partial charge in [0.25, 0.3) is 0 Å². The van der Waals surface area contributed by atoms with E-state index in [4.69, 9.17) is 0 Å². The summed E-state index contributed by atoms with van der Waals surface area (Å²) in [7, 11) is 0. The number of ketones is 1. The Morgan fingerprint density at radius 2 is 2.21 bits per heavy atom. The van der Waals surface area contributed by atoms with E-state index in [1.165, 1.54) is 18.3 Å². The molecule has 78 valence electrons. The average Bonchev–Trinajstić information content (AvgIpc) is 2.64. The predicted molar refractivity (Wildman–Crippen MR) is 59.1 cm³/mol. The Hall–Kier alpha value is -0.360. The van der Waals surface area contributed by atoms with Crippen molar-refractivity contribution in [1.29, 1.82) is 0 Å². The minimum Gasteiger partial charge on any atom is -0.389 e. The summed E-state index contributed by atoms with van der Waals surface area (Å²) in [5.74, 6) is 0.155.